The molecule has 0 aliphatic heterocycles. The summed E-state index contributed by atoms with van der Waals surface area (Å²) in [5.74, 6) is 0. The molecule has 4 N–H and O–H groups in total. The van der Waals surface area contributed by atoms with E-state index >= 15 is 0 Å². The number of rotatable bonds is 4. The van der Waals surface area contributed by atoms with E-state index in [2.05, 4.69) is 0 Å². The number of aliphatic hydroxyl groups excluding tert-OH is 4. The summed E-state index contributed by atoms with van der Waals surface area (Å²) in [5, 5.41) is 34.3. The fourth-order valence-electron chi connectivity index (χ4n) is 0.388. The summed E-state index contributed by atoms with van der Waals surface area (Å²) in [6, 6.07) is 0. The van der Waals surface area contributed by atoms with E-state index < -0.39 is 31.2 Å². The summed E-state index contributed by atoms with van der Waals surface area (Å²) in [6.45, 7) is -0.772. The fraction of sp³-hybridized carbons (Fsp3) is 0.800. The van der Waals surface area contributed by atoms with Crippen molar-refractivity contribution >= 4 is 6.26 Å². The Hall–Kier alpha value is -0.490. The lowest BCUT2D eigenvalue weighted by Crippen LogP contribution is -2.40. The molecule has 0 spiro atoms. The maximum Gasteiger partial charge on any atom is 0.151 e. The summed E-state index contributed by atoms with van der Waals surface area (Å²) in [6.07, 6.45) is -6.76. The minimum atomic E-state index is -1.96. The molecule has 0 fully saturated rings. The van der Waals surface area contributed by atoms with Crippen LogP contribution in [0.3, 0.4) is 0 Å². The van der Waals surface area contributed by atoms with Crippen LogP contribution in [0.5, 0.6) is 0 Å². The molecule has 0 aliphatic carbocycles. The first kappa shape index (κ1) is 7.62. The second-order valence-corrected chi connectivity index (χ2v) is 1.80. The van der Waals surface area contributed by atoms with Crippen molar-refractivity contribution in [2.45, 2.75) is 18.3 Å². The Labute approximate surface area is 58.9 Å². The molecule has 3 atom stereocenters. The second-order valence-electron chi connectivity index (χ2n) is 1.80. The maximum absolute atomic E-state index is 10.1. The van der Waals surface area contributed by atoms with Gasteiger partial charge in [-0.05, 0) is 0 Å². The molecule has 0 unspecified atom stereocenters. The van der Waals surface area contributed by atoms with Gasteiger partial charge in [0.15, 0.2) is 6.26 Å². The van der Waals surface area contributed by atoms with E-state index in [1.807, 2.05) is 0 Å². The van der Waals surface area contributed by atoms with Gasteiger partial charge in [-0.25, -0.2) is 0 Å². The van der Waals surface area contributed by atoms with Gasteiger partial charge in [0, 0.05) is 0 Å². The van der Waals surface area contributed by atoms with Crippen LogP contribution in [0.25, 0.3) is 0 Å². The van der Waals surface area contributed by atoms with Crippen molar-refractivity contribution in [1.29, 1.82) is 0 Å². The third kappa shape index (κ3) is 2.40. The number of aliphatic hydroxyl groups is 4. The molecule has 0 rings (SSSR count). The molecule has 10 heavy (non-hydrogen) atoms. The van der Waals surface area contributed by atoms with Gasteiger partial charge in [0.1, 0.15) is 19.7 Å². The minimum absolute atomic E-state index is 0.772. The molecule has 0 aromatic heterocycles. The largest absolute Gasteiger partial charge is 0.394 e. The Kier molecular flexibility index (Phi) is 3.31. The van der Waals surface area contributed by atoms with Crippen LogP contribution in [0, 0.1) is 0 Å². The smallest absolute Gasteiger partial charge is 0.151 e. The Morgan fingerprint density at radius 2 is 2.00 bits per heavy atom. The van der Waals surface area contributed by atoms with Crippen LogP contribution in [-0.4, -0.2) is 51.6 Å². The zero-order valence-corrected chi connectivity index (χ0v) is 5.14. The van der Waals surface area contributed by atoms with Crippen molar-refractivity contribution in [3.63, 3.8) is 0 Å². The first-order valence-corrected chi connectivity index (χ1v) is 2.66. The van der Waals surface area contributed by atoms with Crippen LogP contribution in [0.4, 0.5) is 0 Å². The highest BCUT2D eigenvalue weighted by atomic mass is 16.4. The molecular weight excluding hydrogens is 140 g/mol. The van der Waals surface area contributed by atoms with E-state index in [-0.39, 0.29) is 0 Å². The van der Waals surface area contributed by atoms with Gasteiger partial charge in [-0.1, -0.05) is 0 Å². The summed E-state index contributed by atoms with van der Waals surface area (Å²) in [7, 11) is 0. The van der Waals surface area contributed by atoms with Crippen molar-refractivity contribution in [2.24, 2.45) is 0 Å². The molecule has 0 radical (unpaired) electrons. The second kappa shape index (κ2) is 4.35. The van der Waals surface area contributed by atoms with Crippen LogP contribution in [0.15, 0.2) is 0 Å². The molecule has 0 bridgehead atoms. The molecule has 0 aliphatic rings. The lowest BCUT2D eigenvalue weighted by Gasteiger charge is -2.16. The van der Waals surface area contributed by atoms with Crippen LogP contribution in [0.1, 0.15) is 1.37 Å². The van der Waals surface area contributed by atoms with E-state index in [1.54, 1.807) is 0 Å². The normalized spacial score (nSPS) is 21.0. The van der Waals surface area contributed by atoms with Crippen molar-refractivity contribution < 1.29 is 26.6 Å². The third-order valence-electron chi connectivity index (χ3n) is 1.03. The lowest BCUT2D eigenvalue weighted by molar-refractivity contribution is -0.127. The van der Waals surface area contributed by atoms with Crippen LogP contribution in [-0.2, 0) is 4.79 Å². The van der Waals surface area contributed by atoms with Gasteiger partial charge in [0.05, 0.1) is 6.61 Å². The third-order valence-corrected chi connectivity index (χ3v) is 1.03. The predicted molar refractivity (Wildman–Crippen MR) is 31.2 cm³/mol. The van der Waals surface area contributed by atoms with Crippen LogP contribution < -0.4 is 0 Å². The maximum atomic E-state index is 10.1. The van der Waals surface area contributed by atoms with Gasteiger partial charge in [0.25, 0.3) is 0 Å². The molecule has 0 saturated heterocycles. The highest BCUT2D eigenvalue weighted by Gasteiger charge is 2.22. The number of carbonyl (C=O) groups is 1. The molecule has 5 nitrogen and oxygen atoms in total. The number of carbonyl (C=O) groups excluding carboxylic acids is 1. The summed E-state index contributed by atoms with van der Waals surface area (Å²) >= 11 is 0. The van der Waals surface area contributed by atoms with E-state index in [1.165, 1.54) is 0 Å². The molecule has 60 valence electrons. The van der Waals surface area contributed by atoms with E-state index in [9.17, 15) is 4.79 Å². The Morgan fingerprint density at radius 1 is 1.50 bits per heavy atom. The van der Waals surface area contributed by atoms with Crippen LogP contribution >= 0.6 is 0 Å². The molecule has 5 heteroatoms. The summed E-state index contributed by atoms with van der Waals surface area (Å²) in [5.41, 5.74) is 0. The Morgan fingerprint density at radius 3 is 2.30 bits per heavy atom. The molecule has 0 aromatic carbocycles. The van der Waals surface area contributed by atoms with E-state index in [4.69, 9.17) is 21.8 Å². The first-order chi connectivity index (χ1) is 5.00. The standard InChI is InChI=1S/C5H10O5/c6-1-3(8)5(10)4(9)2-7/h1,3-5,7-10H,2H2/t3-,4+,5+/m0/s1/i1D. The van der Waals surface area contributed by atoms with Crippen molar-refractivity contribution in [3.8, 4) is 0 Å². The molecular formula is C5H10O5. The summed E-state index contributed by atoms with van der Waals surface area (Å²) < 4.78 is 6.34. The number of aldehydes is 1. The molecule has 0 aromatic rings. The number of hydrogen-bond acceptors (Lipinski definition) is 5. The Bertz CT molecular complexity index is 139. The monoisotopic (exact) mass is 151 g/mol. The van der Waals surface area contributed by atoms with Crippen molar-refractivity contribution in [2.75, 3.05) is 6.61 Å². The zero-order chi connectivity index (χ0) is 9.02. The number of hydrogen-bond donors (Lipinski definition) is 4. The van der Waals surface area contributed by atoms with Gasteiger partial charge in [-0.3, -0.25) is 0 Å². The highest BCUT2D eigenvalue weighted by Crippen LogP contribution is 1.96. The van der Waals surface area contributed by atoms with E-state index in [0.29, 0.717) is 0 Å². The topological polar surface area (TPSA) is 98.0 Å². The van der Waals surface area contributed by atoms with Gasteiger partial charge < -0.3 is 25.2 Å². The predicted octanol–water partition coefficient (Wildman–Crippen LogP) is -2.74. The fourth-order valence-corrected chi connectivity index (χ4v) is 0.388. The SMILES string of the molecule is [2H]C(=O)[C@H](O)[C@@H](O)[C@H](O)CO. The molecule has 0 saturated carbocycles. The zero-order valence-electron chi connectivity index (χ0n) is 6.14. The quantitative estimate of drug-likeness (QED) is 0.327. The van der Waals surface area contributed by atoms with Crippen LogP contribution in [0.2, 0.25) is 0 Å². The minimum Gasteiger partial charge on any atom is -0.394 e. The Balaban J connectivity index is 4.00. The van der Waals surface area contributed by atoms with Crippen molar-refractivity contribution in [3.05, 3.63) is 0 Å². The first-order valence-electron chi connectivity index (χ1n) is 3.16. The molecule has 0 heterocycles. The lowest BCUT2D eigenvalue weighted by atomic mass is 10.1. The van der Waals surface area contributed by atoms with Gasteiger partial charge in [-0.15, -0.1) is 0 Å². The van der Waals surface area contributed by atoms with E-state index in [0.717, 1.165) is 0 Å². The van der Waals surface area contributed by atoms with Gasteiger partial charge in [0.2, 0.25) is 0 Å². The van der Waals surface area contributed by atoms with Gasteiger partial charge in [-0.2, -0.15) is 0 Å². The highest BCUT2D eigenvalue weighted by molar-refractivity contribution is 5.56. The van der Waals surface area contributed by atoms with Crippen molar-refractivity contribution in [1.82, 2.24) is 0 Å². The summed E-state index contributed by atoms with van der Waals surface area (Å²) in [4.78, 5) is 10.1. The van der Waals surface area contributed by atoms with Gasteiger partial charge >= 0.3 is 0 Å². The average molecular weight is 151 g/mol. The molecule has 0 amide bonds. The average Bonchev–Trinajstić information content (AvgIpc) is 2.00.